The Labute approximate surface area is 64.7 Å². The first-order chi connectivity index (χ1) is 5.27. The molecule has 0 bridgehead atoms. The summed E-state index contributed by atoms with van der Waals surface area (Å²) in [5.74, 6) is 0. The van der Waals surface area contributed by atoms with E-state index in [1.54, 1.807) is 0 Å². The third-order valence-electron chi connectivity index (χ3n) is 2.64. The third kappa shape index (κ3) is 1.18. The van der Waals surface area contributed by atoms with Crippen molar-refractivity contribution >= 4 is 0 Å². The van der Waals surface area contributed by atoms with Crippen LogP contribution < -0.4 is 0 Å². The van der Waals surface area contributed by atoms with Crippen LogP contribution in [0.5, 0.6) is 0 Å². The lowest BCUT2D eigenvalue weighted by Gasteiger charge is -2.11. The lowest BCUT2D eigenvalue weighted by atomic mass is 10.1. The second kappa shape index (κ2) is 2.55. The summed E-state index contributed by atoms with van der Waals surface area (Å²) in [4.78, 5) is 2.16. The summed E-state index contributed by atoms with van der Waals surface area (Å²) in [7, 11) is 0. The Hall–Kier alpha value is -0.440. The molecule has 2 rings (SSSR count). The molecule has 11 heavy (non-hydrogen) atoms. The Bertz CT molecular complexity index is 182. The van der Waals surface area contributed by atoms with Crippen molar-refractivity contribution in [2.24, 2.45) is 0 Å². The van der Waals surface area contributed by atoms with Crippen LogP contribution in [0.3, 0.4) is 0 Å². The van der Waals surface area contributed by atoms with Crippen LogP contribution >= 0.6 is 0 Å². The fourth-order valence-electron chi connectivity index (χ4n) is 2.07. The van der Waals surface area contributed by atoms with Gasteiger partial charge in [0.25, 0.3) is 6.08 Å². The Balaban J connectivity index is 2.11. The highest BCUT2D eigenvalue weighted by molar-refractivity contribution is 5.14. The molecule has 0 spiro atoms. The molecule has 1 atom stereocenters. The average molecular weight is 159 g/mol. The van der Waals surface area contributed by atoms with Crippen LogP contribution in [0.4, 0.5) is 8.78 Å². The second-order valence-corrected chi connectivity index (χ2v) is 3.33. The molecular formula is C8H11F2N. The van der Waals surface area contributed by atoms with Gasteiger partial charge in [-0.2, -0.15) is 8.78 Å². The highest BCUT2D eigenvalue weighted by Gasteiger charge is 2.33. The van der Waals surface area contributed by atoms with Crippen molar-refractivity contribution in [3.63, 3.8) is 0 Å². The summed E-state index contributed by atoms with van der Waals surface area (Å²) in [5.41, 5.74) is 0.370. The maximum absolute atomic E-state index is 12.1. The van der Waals surface area contributed by atoms with E-state index in [2.05, 4.69) is 4.90 Å². The number of hydrogen-bond acceptors (Lipinski definition) is 1. The first kappa shape index (κ1) is 7.22. The van der Waals surface area contributed by atoms with Gasteiger partial charge in [-0.05, 0) is 25.8 Å². The highest BCUT2D eigenvalue weighted by Crippen LogP contribution is 2.32. The molecular weight excluding hydrogens is 148 g/mol. The molecule has 2 saturated heterocycles. The average Bonchev–Trinajstić information content (AvgIpc) is 2.40. The van der Waals surface area contributed by atoms with Crippen LogP contribution in [0.25, 0.3) is 0 Å². The molecule has 0 amide bonds. The predicted octanol–water partition coefficient (Wildman–Crippen LogP) is 2.01. The van der Waals surface area contributed by atoms with Gasteiger partial charge in [0.1, 0.15) is 0 Å². The molecule has 0 N–H and O–H groups in total. The van der Waals surface area contributed by atoms with Crippen molar-refractivity contribution in [3.8, 4) is 0 Å². The first-order valence-electron chi connectivity index (χ1n) is 4.04. The topological polar surface area (TPSA) is 3.24 Å². The molecule has 2 aliphatic heterocycles. The fourth-order valence-corrected chi connectivity index (χ4v) is 2.07. The quantitative estimate of drug-likeness (QED) is 0.522. The van der Waals surface area contributed by atoms with Gasteiger partial charge in [-0.1, -0.05) is 0 Å². The Morgan fingerprint density at radius 2 is 2.27 bits per heavy atom. The van der Waals surface area contributed by atoms with E-state index in [1.807, 2.05) is 0 Å². The van der Waals surface area contributed by atoms with E-state index in [-0.39, 0.29) is 0 Å². The zero-order valence-electron chi connectivity index (χ0n) is 6.32. The van der Waals surface area contributed by atoms with Crippen LogP contribution in [0.2, 0.25) is 0 Å². The van der Waals surface area contributed by atoms with Crippen molar-refractivity contribution in [2.45, 2.75) is 25.3 Å². The zero-order chi connectivity index (χ0) is 7.84. The summed E-state index contributed by atoms with van der Waals surface area (Å²) < 4.78 is 24.2. The maximum Gasteiger partial charge on any atom is 0.270 e. The van der Waals surface area contributed by atoms with Crippen molar-refractivity contribution in [1.82, 2.24) is 4.90 Å². The molecule has 0 aromatic carbocycles. The lowest BCUT2D eigenvalue weighted by molar-refractivity contribution is 0.326. The van der Waals surface area contributed by atoms with Crippen LogP contribution in [-0.2, 0) is 0 Å². The van der Waals surface area contributed by atoms with E-state index in [0.29, 0.717) is 24.6 Å². The van der Waals surface area contributed by atoms with Gasteiger partial charge >= 0.3 is 0 Å². The molecule has 1 nitrogen and oxygen atoms in total. The minimum atomic E-state index is -1.44. The van der Waals surface area contributed by atoms with Crippen LogP contribution in [0.1, 0.15) is 19.3 Å². The SMILES string of the molecule is FC(F)=C1CC2CCCN2C1. The van der Waals surface area contributed by atoms with E-state index in [1.165, 1.54) is 6.42 Å². The van der Waals surface area contributed by atoms with Gasteiger partial charge in [0.15, 0.2) is 0 Å². The van der Waals surface area contributed by atoms with Gasteiger partial charge in [0.05, 0.1) is 0 Å². The highest BCUT2D eigenvalue weighted by atomic mass is 19.3. The number of rotatable bonds is 0. The van der Waals surface area contributed by atoms with Gasteiger partial charge in [0.2, 0.25) is 0 Å². The molecule has 0 aliphatic carbocycles. The van der Waals surface area contributed by atoms with Gasteiger partial charge in [0, 0.05) is 18.2 Å². The van der Waals surface area contributed by atoms with E-state index in [0.717, 1.165) is 13.0 Å². The molecule has 2 heterocycles. The Morgan fingerprint density at radius 3 is 2.91 bits per heavy atom. The minimum absolute atomic E-state index is 0.370. The molecule has 0 aromatic heterocycles. The monoisotopic (exact) mass is 159 g/mol. The minimum Gasteiger partial charge on any atom is -0.296 e. The van der Waals surface area contributed by atoms with Crippen molar-refractivity contribution in [2.75, 3.05) is 13.1 Å². The van der Waals surface area contributed by atoms with Crippen molar-refractivity contribution < 1.29 is 8.78 Å². The summed E-state index contributed by atoms with van der Waals surface area (Å²) >= 11 is 0. The second-order valence-electron chi connectivity index (χ2n) is 3.33. The molecule has 3 heteroatoms. The molecule has 0 radical (unpaired) electrons. The number of halogens is 2. The predicted molar refractivity (Wildman–Crippen MR) is 38.5 cm³/mol. The van der Waals surface area contributed by atoms with Crippen LogP contribution in [0.15, 0.2) is 11.7 Å². The van der Waals surface area contributed by atoms with Crippen LogP contribution in [-0.4, -0.2) is 24.0 Å². The number of nitrogens with zero attached hydrogens (tertiary/aromatic N) is 1. The van der Waals surface area contributed by atoms with Crippen molar-refractivity contribution in [3.05, 3.63) is 11.7 Å². The van der Waals surface area contributed by atoms with Gasteiger partial charge in [-0.15, -0.1) is 0 Å². The number of fused-ring (bicyclic) bond motifs is 1. The van der Waals surface area contributed by atoms with Gasteiger partial charge < -0.3 is 0 Å². The molecule has 0 aromatic rings. The molecule has 1 unspecified atom stereocenters. The lowest BCUT2D eigenvalue weighted by Crippen LogP contribution is -2.21. The Kier molecular flexibility index (Phi) is 1.68. The van der Waals surface area contributed by atoms with Gasteiger partial charge in [-0.25, -0.2) is 0 Å². The molecule has 0 saturated carbocycles. The van der Waals surface area contributed by atoms with E-state index >= 15 is 0 Å². The normalized spacial score (nSPS) is 31.1. The maximum atomic E-state index is 12.1. The van der Waals surface area contributed by atoms with Crippen LogP contribution in [0, 0.1) is 0 Å². The number of hydrogen-bond donors (Lipinski definition) is 0. The molecule has 2 aliphatic rings. The Morgan fingerprint density at radius 1 is 1.45 bits per heavy atom. The van der Waals surface area contributed by atoms with Gasteiger partial charge in [-0.3, -0.25) is 4.90 Å². The third-order valence-corrected chi connectivity index (χ3v) is 2.64. The van der Waals surface area contributed by atoms with E-state index in [4.69, 9.17) is 0 Å². The van der Waals surface area contributed by atoms with E-state index < -0.39 is 6.08 Å². The zero-order valence-corrected chi connectivity index (χ0v) is 6.32. The standard InChI is InChI=1S/C8H11F2N/c9-8(10)6-4-7-2-1-3-11(7)5-6/h7H,1-5H2. The first-order valence-corrected chi connectivity index (χ1v) is 4.04. The van der Waals surface area contributed by atoms with E-state index in [9.17, 15) is 8.78 Å². The largest absolute Gasteiger partial charge is 0.296 e. The molecule has 62 valence electrons. The summed E-state index contributed by atoms with van der Waals surface area (Å²) in [6.45, 7) is 1.54. The summed E-state index contributed by atoms with van der Waals surface area (Å²) in [6, 6.07) is 0.437. The summed E-state index contributed by atoms with van der Waals surface area (Å²) in [5, 5.41) is 0. The fraction of sp³-hybridized carbons (Fsp3) is 0.750. The smallest absolute Gasteiger partial charge is 0.270 e. The summed E-state index contributed by atoms with van der Waals surface area (Å²) in [6.07, 6.45) is 1.46. The van der Waals surface area contributed by atoms with Crippen molar-refractivity contribution in [1.29, 1.82) is 0 Å². The molecule has 2 fully saturated rings.